The van der Waals surface area contributed by atoms with Crippen LogP contribution in [0, 0.1) is 10.1 Å². The van der Waals surface area contributed by atoms with Crippen LogP contribution in [0.4, 0.5) is 11.4 Å². The second kappa shape index (κ2) is 6.19. The number of nitrogens with zero attached hydrogens (tertiary/aromatic N) is 2. The number of nitro groups is 1. The molecule has 1 aromatic carbocycles. The van der Waals surface area contributed by atoms with Crippen molar-refractivity contribution in [1.29, 1.82) is 0 Å². The van der Waals surface area contributed by atoms with Gasteiger partial charge in [-0.25, -0.2) is 4.98 Å². The van der Waals surface area contributed by atoms with Crippen LogP contribution in [0.3, 0.4) is 0 Å². The van der Waals surface area contributed by atoms with Crippen molar-refractivity contribution in [3.63, 3.8) is 0 Å². The lowest BCUT2D eigenvalue weighted by Crippen LogP contribution is -2.14. The average molecular weight is 308 g/mol. The van der Waals surface area contributed by atoms with E-state index in [9.17, 15) is 14.9 Å². The van der Waals surface area contributed by atoms with Crippen LogP contribution in [0.1, 0.15) is 10.4 Å². The van der Waals surface area contributed by atoms with Crippen molar-refractivity contribution in [1.82, 2.24) is 4.98 Å². The minimum Gasteiger partial charge on any atom is -0.480 e. The number of benzene rings is 1. The maximum absolute atomic E-state index is 12.2. The lowest BCUT2D eigenvalue weighted by atomic mass is 10.2. The first-order valence-electron chi connectivity index (χ1n) is 5.77. The number of amides is 1. The van der Waals surface area contributed by atoms with Crippen LogP contribution in [-0.2, 0) is 0 Å². The molecule has 2 aromatic rings. The number of nitrogens with one attached hydrogen (secondary N) is 1. The van der Waals surface area contributed by atoms with Gasteiger partial charge in [-0.2, -0.15) is 0 Å². The monoisotopic (exact) mass is 307 g/mol. The highest BCUT2D eigenvalue weighted by Crippen LogP contribution is 2.25. The third kappa shape index (κ3) is 3.26. The SMILES string of the molecule is COc1ncccc1NC(=O)c1cc([N+](=O)[O-])ccc1Cl. The summed E-state index contributed by atoms with van der Waals surface area (Å²) in [6.45, 7) is 0. The van der Waals surface area contributed by atoms with Crippen LogP contribution >= 0.6 is 11.6 Å². The maximum Gasteiger partial charge on any atom is 0.270 e. The molecule has 8 heteroatoms. The second-order valence-corrected chi connectivity index (χ2v) is 4.34. The summed E-state index contributed by atoms with van der Waals surface area (Å²) in [6.07, 6.45) is 1.51. The fraction of sp³-hybridized carbons (Fsp3) is 0.0769. The van der Waals surface area contributed by atoms with Crippen molar-refractivity contribution in [2.24, 2.45) is 0 Å². The molecule has 0 aliphatic carbocycles. The highest BCUT2D eigenvalue weighted by Gasteiger charge is 2.17. The Morgan fingerprint density at radius 2 is 2.19 bits per heavy atom. The predicted molar refractivity (Wildman–Crippen MR) is 76.8 cm³/mol. The van der Waals surface area contributed by atoms with E-state index in [0.717, 1.165) is 6.07 Å². The minimum atomic E-state index is -0.599. The van der Waals surface area contributed by atoms with Gasteiger partial charge in [0.05, 0.1) is 22.6 Å². The van der Waals surface area contributed by atoms with Gasteiger partial charge in [-0.3, -0.25) is 14.9 Å². The zero-order chi connectivity index (χ0) is 15.4. The van der Waals surface area contributed by atoms with Gasteiger partial charge in [0.15, 0.2) is 0 Å². The Balaban J connectivity index is 2.32. The lowest BCUT2D eigenvalue weighted by Gasteiger charge is -2.09. The summed E-state index contributed by atoms with van der Waals surface area (Å²) in [5.74, 6) is -0.359. The van der Waals surface area contributed by atoms with Crippen molar-refractivity contribution in [2.45, 2.75) is 0 Å². The van der Waals surface area contributed by atoms with E-state index in [0.29, 0.717) is 5.69 Å². The molecule has 1 N–H and O–H groups in total. The summed E-state index contributed by atoms with van der Waals surface area (Å²) < 4.78 is 5.01. The van der Waals surface area contributed by atoms with Gasteiger partial charge in [0.25, 0.3) is 11.6 Å². The Bertz CT molecular complexity index is 706. The summed E-state index contributed by atoms with van der Waals surface area (Å²) in [5, 5.41) is 13.4. The third-order valence-electron chi connectivity index (χ3n) is 2.62. The van der Waals surface area contributed by atoms with E-state index >= 15 is 0 Å². The number of anilines is 1. The average Bonchev–Trinajstić information content (AvgIpc) is 2.47. The molecule has 0 aliphatic heterocycles. The van der Waals surface area contributed by atoms with Crippen LogP contribution in [0.25, 0.3) is 0 Å². The number of non-ortho nitro benzene ring substituents is 1. The molecule has 0 saturated carbocycles. The summed E-state index contributed by atoms with van der Waals surface area (Å²) in [7, 11) is 1.42. The molecule has 0 aliphatic rings. The molecule has 0 bridgehead atoms. The number of hydrogen-bond donors (Lipinski definition) is 1. The largest absolute Gasteiger partial charge is 0.480 e. The van der Waals surface area contributed by atoms with E-state index in [2.05, 4.69) is 10.3 Å². The number of hydrogen-bond acceptors (Lipinski definition) is 5. The van der Waals surface area contributed by atoms with Gasteiger partial charge in [0.1, 0.15) is 5.69 Å². The summed E-state index contributed by atoms with van der Waals surface area (Å²) in [4.78, 5) is 26.3. The van der Waals surface area contributed by atoms with E-state index in [4.69, 9.17) is 16.3 Å². The van der Waals surface area contributed by atoms with Gasteiger partial charge >= 0.3 is 0 Å². The molecule has 0 unspecified atom stereocenters. The highest BCUT2D eigenvalue weighted by atomic mass is 35.5. The highest BCUT2D eigenvalue weighted by molar-refractivity contribution is 6.34. The predicted octanol–water partition coefficient (Wildman–Crippen LogP) is 2.90. The topological polar surface area (TPSA) is 94.4 Å². The Labute approximate surface area is 124 Å². The van der Waals surface area contributed by atoms with Crippen molar-refractivity contribution >= 4 is 28.9 Å². The first-order chi connectivity index (χ1) is 10.0. The van der Waals surface area contributed by atoms with Gasteiger partial charge in [0, 0.05) is 18.3 Å². The Kier molecular flexibility index (Phi) is 4.34. The normalized spacial score (nSPS) is 10.0. The zero-order valence-corrected chi connectivity index (χ0v) is 11.6. The third-order valence-corrected chi connectivity index (χ3v) is 2.95. The van der Waals surface area contributed by atoms with E-state index in [1.54, 1.807) is 12.1 Å². The number of pyridine rings is 1. The Hall–Kier alpha value is -2.67. The molecule has 108 valence electrons. The molecule has 0 atom stereocenters. The van der Waals surface area contributed by atoms with E-state index in [1.165, 1.54) is 25.4 Å². The number of nitro benzene ring substituents is 1. The van der Waals surface area contributed by atoms with Crippen LogP contribution < -0.4 is 10.1 Å². The van der Waals surface area contributed by atoms with Crippen LogP contribution in [-0.4, -0.2) is 22.9 Å². The van der Waals surface area contributed by atoms with Crippen LogP contribution in [0.2, 0.25) is 5.02 Å². The molecule has 1 heterocycles. The first kappa shape index (κ1) is 14.7. The zero-order valence-electron chi connectivity index (χ0n) is 10.9. The Morgan fingerprint density at radius 1 is 1.43 bits per heavy atom. The van der Waals surface area contributed by atoms with Crippen molar-refractivity contribution in [2.75, 3.05) is 12.4 Å². The molecular formula is C13H10ClN3O4. The van der Waals surface area contributed by atoms with Gasteiger partial charge in [0.2, 0.25) is 5.88 Å². The van der Waals surface area contributed by atoms with Gasteiger partial charge in [-0.1, -0.05) is 11.6 Å². The van der Waals surface area contributed by atoms with Gasteiger partial charge in [-0.05, 0) is 18.2 Å². The van der Waals surface area contributed by atoms with E-state index in [-0.39, 0.29) is 22.2 Å². The fourth-order valence-corrected chi connectivity index (χ4v) is 1.84. The summed E-state index contributed by atoms with van der Waals surface area (Å²) >= 11 is 5.91. The molecule has 0 radical (unpaired) electrons. The molecule has 1 amide bonds. The molecule has 0 fully saturated rings. The van der Waals surface area contributed by atoms with Crippen molar-refractivity contribution < 1.29 is 14.5 Å². The molecule has 0 saturated heterocycles. The Morgan fingerprint density at radius 3 is 2.86 bits per heavy atom. The number of carbonyl (C=O) groups excluding carboxylic acids is 1. The smallest absolute Gasteiger partial charge is 0.270 e. The molecule has 0 spiro atoms. The number of aromatic nitrogens is 1. The quantitative estimate of drug-likeness (QED) is 0.692. The van der Waals surface area contributed by atoms with E-state index in [1.807, 2.05) is 0 Å². The van der Waals surface area contributed by atoms with E-state index < -0.39 is 10.8 Å². The number of methoxy groups -OCH3 is 1. The molecular weight excluding hydrogens is 298 g/mol. The lowest BCUT2D eigenvalue weighted by molar-refractivity contribution is -0.384. The van der Waals surface area contributed by atoms with Crippen LogP contribution in [0.5, 0.6) is 5.88 Å². The van der Waals surface area contributed by atoms with Crippen LogP contribution in [0.15, 0.2) is 36.5 Å². The number of ether oxygens (including phenoxy) is 1. The molecule has 21 heavy (non-hydrogen) atoms. The van der Waals surface area contributed by atoms with Gasteiger partial charge < -0.3 is 10.1 Å². The van der Waals surface area contributed by atoms with Gasteiger partial charge in [-0.15, -0.1) is 0 Å². The summed E-state index contributed by atoms with van der Waals surface area (Å²) in [5.41, 5.74) is 0.118. The van der Waals surface area contributed by atoms with Crippen molar-refractivity contribution in [3.05, 3.63) is 57.2 Å². The fourth-order valence-electron chi connectivity index (χ4n) is 1.64. The van der Waals surface area contributed by atoms with Crippen molar-refractivity contribution in [3.8, 4) is 5.88 Å². The number of carbonyl (C=O) groups is 1. The molecule has 7 nitrogen and oxygen atoms in total. The number of rotatable bonds is 4. The molecule has 2 rings (SSSR count). The first-order valence-corrected chi connectivity index (χ1v) is 6.15. The summed E-state index contributed by atoms with van der Waals surface area (Å²) in [6, 6.07) is 6.85. The minimum absolute atomic E-state index is 0.00299. The second-order valence-electron chi connectivity index (χ2n) is 3.94. The standard InChI is InChI=1S/C13H10ClN3O4/c1-21-13-11(3-2-6-15-13)16-12(18)9-7-8(17(19)20)4-5-10(9)14/h2-7H,1H3,(H,16,18). The number of halogens is 1. The maximum atomic E-state index is 12.2. The molecule has 1 aromatic heterocycles.